The Morgan fingerprint density at radius 3 is 2.57 bits per heavy atom. The molecule has 0 aliphatic heterocycles. The molecule has 1 aromatic carbocycles. The van der Waals surface area contributed by atoms with E-state index in [0.29, 0.717) is 18.7 Å². The SMILES string of the molecule is CCCNS(=O)(=O)c1ccc(NC(=O)C2CCCC(N)C2)cc1. The summed E-state index contributed by atoms with van der Waals surface area (Å²) in [6.45, 7) is 2.31. The molecule has 0 heterocycles. The van der Waals surface area contributed by atoms with Gasteiger partial charge >= 0.3 is 0 Å². The minimum absolute atomic E-state index is 0.0418. The van der Waals surface area contributed by atoms with Gasteiger partial charge in [0.2, 0.25) is 15.9 Å². The summed E-state index contributed by atoms with van der Waals surface area (Å²) in [6.07, 6.45) is 4.24. The molecule has 1 aromatic rings. The van der Waals surface area contributed by atoms with Crippen LogP contribution in [0.25, 0.3) is 0 Å². The van der Waals surface area contributed by atoms with Gasteiger partial charge in [-0.1, -0.05) is 13.3 Å². The summed E-state index contributed by atoms with van der Waals surface area (Å²) in [5.74, 6) is -0.103. The van der Waals surface area contributed by atoms with Crippen LogP contribution in [0.15, 0.2) is 29.2 Å². The Labute approximate surface area is 137 Å². The molecule has 0 bridgehead atoms. The van der Waals surface area contributed by atoms with E-state index in [1.54, 1.807) is 12.1 Å². The molecule has 4 N–H and O–H groups in total. The minimum atomic E-state index is -3.47. The van der Waals surface area contributed by atoms with Crippen LogP contribution in [0.3, 0.4) is 0 Å². The van der Waals surface area contributed by atoms with Crippen LogP contribution in [0.5, 0.6) is 0 Å². The molecule has 1 aliphatic carbocycles. The van der Waals surface area contributed by atoms with Crippen LogP contribution in [-0.2, 0) is 14.8 Å². The summed E-state index contributed by atoms with van der Waals surface area (Å²) in [4.78, 5) is 12.4. The molecule has 0 radical (unpaired) electrons. The van der Waals surface area contributed by atoms with Gasteiger partial charge in [-0.05, 0) is 49.9 Å². The van der Waals surface area contributed by atoms with E-state index in [4.69, 9.17) is 5.73 Å². The molecule has 0 aromatic heterocycles. The zero-order chi connectivity index (χ0) is 16.9. The summed E-state index contributed by atoms with van der Waals surface area (Å²) >= 11 is 0. The summed E-state index contributed by atoms with van der Waals surface area (Å²) in [7, 11) is -3.47. The molecule has 1 amide bonds. The second kappa shape index (κ2) is 7.90. The molecule has 1 fully saturated rings. The van der Waals surface area contributed by atoms with E-state index in [2.05, 4.69) is 10.0 Å². The second-order valence-electron chi connectivity index (χ2n) is 6.04. The average molecular weight is 339 g/mol. The number of hydrogen-bond acceptors (Lipinski definition) is 4. The highest BCUT2D eigenvalue weighted by atomic mass is 32.2. The number of benzene rings is 1. The van der Waals surface area contributed by atoms with E-state index in [1.165, 1.54) is 12.1 Å². The molecule has 1 aliphatic rings. The molecule has 2 atom stereocenters. The first-order valence-electron chi connectivity index (χ1n) is 8.08. The molecular formula is C16H25N3O3S. The van der Waals surface area contributed by atoms with Gasteiger partial charge < -0.3 is 11.1 Å². The zero-order valence-electron chi connectivity index (χ0n) is 13.4. The van der Waals surface area contributed by atoms with Gasteiger partial charge in [0, 0.05) is 24.2 Å². The third-order valence-corrected chi connectivity index (χ3v) is 5.54. The van der Waals surface area contributed by atoms with Gasteiger partial charge in [0.25, 0.3) is 0 Å². The third-order valence-electron chi connectivity index (χ3n) is 4.06. The largest absolute Gasteiger partial charge is 0.328 e. The van der Waals surface area contributed by atoms with Gasteiger partial charge in [0.1, 0.15) is 0 Å². The Morgan fingerprint density at radius 1 is 1.26 bits per heavy atom. The van der Waals surface area contributed by atoms with Crippen LogP contribution in [0.2, 0.25) is 0 Å². The maximum atomic E-state index is 12.2. The van der Waals surface area contributed by atoms with Gasteiger partial charge in [0.05, 0.1) is 4.90 Å². The molecular weight excluding hydrogens is 314 g/mol. The Balaban J connectivity index is 1.98. The summed E-state index contributed by atoms with van der Waals surface area (Å²) < 4.78 is 26.5. The minimum Gasteiger partial charge on any atom is -0.328 e. The highest BCUT2D eigenvalue weighted by molar-refractivity contribution is 7.89. The Hall–Kier alpha value is -1.44. The zero-order valence-corrected chi connectivity index (χ0v) is 14.2. The normalized spacial score (nSPS) is 21.8. The van der Waals surface area contributed by atoms with E-state index in [9.17, 15) is 13.2 Å². The predicted octanol–water partition coefficient (Wildman–Crippen LogP) is 1.83. The maximum Gasteiger partial charge on any atom is 0.240 e. The van der Waals surface area contributed by atoms with Crippen molar-refractivity contribution in [3.8, 4) is 0 Å². The van der Waals surface area contributed by atoms with Gasteiger partial charge in [-0.3, -0.25) is 4.79 Å². The standard InChI is InChI=1S/C16H25N3O3S/c1-2-10-18-23(21,22)15-8-6-14(7-9-15)19-16(20)12-4-3-5-13(17)11-12/h6-9,12-13,18H,2-5,10-11,17H2,1H3,(H,19,20). The number of anilines is 1. The van der Waals surface area contributed by atoms with Crippen molar-refractivity contribution >= 4 is 21.6 Å². The fourth-order valence-electron chi connectivity index (χ4n) is 2.75. The lowest BCUT2D eigenvalue weighted by Gasteiger charge is -2.25. The van der Waals surface area contributed by atoms with E-state index in [-0.39, 0.29) is 22.8 Å². The number of sulfonamides is 1. The Bertz CT molecular complexity index is 628. The number of amides is 1. The Morgan fingerprint density at radius 2 is 1.96 bits per heavy atom. The first-order valence-corrected chi connectivity index (χ1v) is 9.57. The van der Waals surface area contributed by atoms with Crippen LogP contribution in [0.1, 0.15) is 39.0 Å². The van der Waals surface area contributed by atoms with Gasteiger partial charge in [0.15, 0.2) is 0 Å². The lowest BCUT2D eigenvalue weighted by atomic mass is 9.85. The van der Waals surface area contributed by atoms with Crippen molar-refractivity contribution in [3.05, 3.63) is 24.3 Å². The number of nitrogens with two attached hydrogens (primary N) is 1. The monoisotopic (exact) mass is 339 g/mol. The van der Waals surface area contributed by atoms with Crippen molar-refractivity contribution in [2.45, 2.75) is 50.0 Å². The number of nitrogens with one attached hydrogen (secondary N) is 2. The number of carbonyl (C=O) groups excluding carboxylic acids is 1. The van der Waals surface area contributed by atoms with Crippen LogP contribution in [0, 0.1) is 5.92 Å². The molecule has 128 valence electrons. The van der Waals surface area contributed by atoms with Crippen LogP contribution >= 0.6 is 0 Å². The van der Waals surface area contributed by atoms with Crippen molar-refractivity contribution in [1.82, 2.24) is 4.72 Å². The van der Waals surface area contributed by atoms with Gasteiger partial charge in [-0.2, -0.15) is 0 Å². The fourth-order valence-corrected chi connectivity index (χ4v) is 3.88. The molecule has 23 heavy (non-hydrogen) atoms. The van der Waals surface area contributed by atoms with Crippen molar-refractivity contribution in [2.24, 2.45) is 11.7 Å². The molecule has 2 rings (SSSR count). The van der Waals surface area contributed by atoms with Crippen LogP contribution in [0.4, 0.5) is 5.69 Å². The van der Waals surface area contributed by atoms with Gasteiger partial charge in [-0.15, -0.1) is 0 Å². The first-order chi connectivity index (χ1) is 10.9. The highest BCUT2D eigenvalue weighted by Crippen LogP contribution is 2.24. The predicted molar refractivity (Wildman–Crippen MR) is 90.5 cm³/mol. The lowest BCUT2D eigenvalue weighted by Crippen LogP contribution is -2.34. The van der Waals surface area contributed by atoms with Crippen molar-refractivity contribution < 1.29 is 13.2 Å². The highest BCUT2D eigenvalue weighted by Gasteiger charge is 2.25. The van der Waals surface area contributed by atoms with Crippen molar-refractivity contribution in [2.75, 3.05) is 11.9 Å². The summed E-state index contributed by atoms with van der Waals surface area (Å²) in [5.41, 5.74) is 6.51. The van der Waals surface area contributed by atoms with Crippen LogP contribution < -0.4 is 15.8 Å². The second-order valence-corrected chi connectivity index (χ2v) is 7.80. The quantitative estimate of drug-likeness (QED) is 0.736. The molecule has 0 saturated heterocycles. The number of rotatable bonds is 6. The molecule has 0 spiro atoms. The number of hydrogen-bond donors (Lipinski definition) is 3. The first kappa shape index (κ1) is 17.9. The third kappa shape index (κ3) is 5.02. The molecule has 2 unspecified atom stereocenters. The fraction of sp³-hybridized carbons (Fsp3) is 0.562. The van der Waals surface area contributed by atoms with Gasteiger partial charge in [-0.25, -0.2) is 13.1 Å². The average Bonchev–Trinajstić information content (AvgIpc) is 2.53. The summed E-state index contributed by atoms with van der Waals surface area (Å²) in [6, 6.07) is 6.32. The summed E-state index contributed by atoms with van der Waals surface area (Å²) in [5, 5.41) is 2.84. The smallest absolute Gasteiger partial charge is 0.240 e. The maximum absolute atomic E-state index is 12.2. The Kier molecular flexibility index (Phi) is 6.15. The van der Waals surface area contributed by atoms with Crippen molar-refractivity contribution in [1.29, 1.82) is 0 Å². The van der Waals surface area contributed by atoms with E-state index >= 15 is 0 Å². The van der Waals surface area contributed by atoms with Crippen LogP contribution in [-0.4, -0.2) is 26.9 Å². The molecule has 6 nitrogen and oxygen atoms in total. The topological polar surface area (TPSA) is 101 Å². The van der Waals surface area contributed by atoms with Crippen molar-refractivity contribution in [3.63, 3.8) is 0 Å². The lowest BCUT2D eigenvalue weighted by molar-refractivity contribution is -0.120. The number of carbonyl (C=O) groups is 1. The molecule has 1 saturated carbocycles. The molecule has 7 heteroatoms. The van der Waals surface area contributed by atoms with E-state index in [0.717, 1.165) is 25.7 Å². The van der Waals surface area contributed by atoms with E-state index in [1.807, 2.05) is 6.92 Å². The van der Waals surface area contributed by atoms with E-state index < -0.39 is 10.0 Å².